The number of nitrogens with one attached hydrogen (secondary N) is 4. The van der Waals surface area contributed by atoms with Gasteiger partial charge in [0.05, 0.1) is 36.8 Å². The van der Waals surface area contributed by atoms with E-state index in [0.29, 0.717) is 59.0 Å². The van der Waals surface area contributed by atoms with Crippen LogP contribution in [0.25, 0.3) is 22.9 Å². The lowest BCUT2D eigenvalue weighted by molar-refractivity contribution is -0.122. The van der Waals surface area contributed by atoms with Crippen molar-refractivity contribution in [3.63, 3.8) is 0 Å². The molecule has 0 saturated heterocycles. The molecule has 1 aliphatic rings. The number of methoxy groups -OCH3 is 1. The fourth-order valence-electron chi connectivity index (χ4n) is 5.74. The number of hydrogen-bond acceptors (Lipinski definition) is 10. The van der Waals surface area contributed by atoms with Crippen LogP contribution in [-0.4, -0.2) is 61.2 Å². The van der Waals surface area contributed by atoms with E-state index >= 15 is 0 Å². The maximum atomic E-state index is 13.6. The van der Waals surface area contributed by atoms with Crippen LogP contribution in [0.5, 0.6) is 0 Å². The minimum Gasteiger partial charge on any atom is -0.453 e. The Kier molecular flexibility index (Phi) is 11.2. The van der Waals surface area contributed by atoms with Gasteiger partial charge in [0, 0.05) is 46.0 Å². The normalized spacial score (nSPS) is 15.7. The Morgan fingerprint density at radius 3 is 2.71 bits per heavy atom. The first-order valence-corrected chi connectivity index (χ1v) is 16.6. The molecule has 2 atom stereocenters. The highest BCUT2D eigenvalue weighted by Crippen LogP contribution is 2.34. The monoisotopic (exact) mass is 706 g/mol. The number of anilines is 2. The Balaban J connectivity index is 1.27. The first kappa shape index (κ1) is 34.7. The van der Waals surface area contributed by atoms with Crippen molar-refractivity contribution >= 4 is 47.0 Å². The van der Waals surface area contributed by atoms with Crippen molar-refractivity contribution in [1.29, 1.82) is 0 Å². The number of rotatable bonds is 8. The Morgan fingerprint density at radius 2 is 1.90 bits per heavy atom. The van der Waals surface area contributed by atoms with E-state index in [-0.39, 0.29) is 18.4 Å². The number of carbonyl (C=O) groups excluding carboxylic acids is 3. The molecule has 0 radical (unpaired) electrons. The number of ether oxygens (including phenoxy) is 1. The molecule has 2 aromatic carbocycles. The summed E-state index contributed by atoms with van der Waals surface area (Å²) in [6.07, 6.45) is 9.77. The van der Waals surface area contributed by atoms with Gasteiger partial charge in [0.15, 0.2) is 0 Å². The van der Waals surface area contributed by atoms with Crippen LogP contribution in [-0.2, 0) is 20.9 Å². The number of amides is 3. The standard InChI is InChI=1S/C36H35ClN10O4/c1-51-36(50)42-26-11-12-28-23-15-17-39-32(19-23)29(44-34(48)14-9-24-18-25(37)10-13-33(24)47-22-41-45-46-47)7-2-3-8-30(43-31(28)20-26)35(49)40-21-27-6-4-5-16-38-27/h4-6,9-20,22,29-30,43H,2-3,7-8,21H2,1H3,(H,40,49)(H,42,50)(H,44,48)/b14-9+/t29-,30+/m0/s1. The van der Waals surface area contributed by atoms with Crippen LogP contribution in [0.1, 0.15) is 48.7 Å². The van der Waals surface area contributed by atoms with Gasteiger partial charge < -0.3 is 20.7 Å². The first-order valence-electron chi connectivity index (χ1n) is 16.3. The number of carbonyl (C=O) groups is 3. The molecule has 1 aliphatic heterocycles. The number of tetrazole rings is 1. The zero-order valence-electron chi connectivity index (χ0n) is 27.6. The molecular formula is C36H35ClN10O4. The Hall–Kier alpha value is -6.15. The number of halogens is 1. The molecule has 0 fully saturated rings. The first-order chi connectivity index (χ1) is 24.9. The van der Waals surface area contributed by atoms with Crippen LogP contribution in [0.4, 0.5) is 16.2 Å². The predicted molar refractivity (Wildman–Crippen MR) is 192 cm³/mol. The number of aromatic nitrogens is 6. The summed E-state index contributed by atoms with van der Waals surface area (Å²) in [6, 6.07) is 18.9. The van der Waals surface area contributed by atoms with Crippen LogP contribution >= 0.6 is 11.6 Å². The molecule has 0 spiro atoms. The summed E-state index contributed by atoms with van der Waals surface area (Å²) < 4.78 is 6.28. The summed E-state index contributed by atoms with van der Waals surface area (Å²) in [5, 5.41) is 24.1. The minimum atomic E-state index is -0.617. The Morgan fingerprint density at radius 1 is 1.02 bits per heavy atom. The molecule has 3 aromatic heterocycles. The topological polar surface area (TPSA) is 178 Å². The summed E-state index contributed by atoms with van der Waals surface area (Å²) in [7, 11) is 1.29. The number of fused-ring (bicyclic) bond motifs is 4. The fraction of sp³-hybridized carbons (Fsp3) is 0.222. The molecule has 14 nitrogen and oxygen atoms in total. The maximum absolute atomic E-state index is 13.6. The average molecular weight is 707 g/mol. The van der Waals surface area contributed by atoms with Crippen LogP contribution in [0.3, 0.4) is 0 Å². The number of pyridine rings is 2. The Labute approximate surface area is 298 Å². The lowest BCUT2D eigenvalue weighted by Gasteiger charge is -2.24. The van der Waals surface area contributed by atoms with Crippen molar-refractivity contribution in [2.45, 2.75) is 44.3 Å². The smallest absolute Gasteiger partial charge is 0.411 e. The molecular weight excluding hydrogens is 672 g/mol. The quantitative estimate of drug-likeness (QED) is 0.151. The molecule has 15 heteroatoms. The molecule has 260 valence electrons. The molecule has 4 heterocycles. The Bertz CT molecular complexity index is 2020. The molecule has 0 saturated carbocycles. The van der Waals surface area contributed by atoms with Gasteiger partial charge in [-0.2, -0.15) is 4.68 Å². The van der Waals surface area contributed by atoms with Crippen LogP contribution in [0.15, 0.2) is 91.5 Å². The van der Waals surface area contributed by atoms with Crippen molar-refractivity contribution in [2.75, 3.05) is 17.7 Å². The highest BCUT2D eigenvalue weighted by Gasteiger charge is 2.23. The van der Waals surface area contributed by atoms with E-state index in [1.807, 2.05) is 36.4 Å². The molecule has 4 N–H and O–H groups in total. The van der Waals surface area contributed by atoms with Crippen LogP contribution < -0.4 is 21.3 Å². The van der Waals surface area contributed by atoms with E-state index in [1.165, 1.54) is 24.2 Å². The van der Waals surface area contributed by atoms with Crippen molar-refractivity contribution < 1.29 is 19.1 Å². The second kappa shape index (κ2) is 16.5. The molecule has 5 aromatic rings. The van der Waals surface area contributed by atoms with Gasteiger partial charge in [0.25, 0.3) is 0 Å². The van der Waals surface area contributed by atoms with E-state index in [2.05, 4.69) is 46.8 Å². The number of hydrogen-bond donors (Lipinski definition) is 4. The van der Waals surface area contributed by atoms with Gasteiger partial charge in [0.1, 0.15) is 12.4 Å². The second-order valence-electron chi connectivity index (χ2n) is 11.7. The summed E-state index contributed by atoms with van der Waals surface area (Å²) in [6.45, 7) is 0.274. The zero-order chi connectivity index (χ0) is 35.6. The largest absolute Gasteiger partial charge is 0.453 e. The van der Waals surface area contributed by atoms with E-state index in [1.54, 1.807) is 48.8 Å². The molecule has 0 unspecified atom stereocenters. The van der Waals surface area contributed by atoms with Gasteiger partial charge >= 0.3 is 6.09 Å². The highest BCUT2D eigenvalue weighted by atomic mass is 35.5. The lowest BCUT2D eigenvalue weighted by Crippen LogP contribution is -2.39. The lowest BCUT2D eigenvalue weighted by atomic mass is 9.96. The maximum Gasteiger partial charge on any atom is 0.411 e. The summed E-state index contributed by atoms with van der Waals surface area (Å²) >= 11 is 6.26. The minimum absolute atomic E-state index is 0.192. The molecule has 2 bridgehead atoms. The predicted octanol–water partition coefficient (Wildman–Crippen LogP) is 5.49. The van der Waals surface area contributed by atoms with E-state index < -0.39 is 18.2 Å². The van der Waals surface area contributed by atoms with Crippen molar-refractivity contribution in [3.05, 3.63) is 114 Å². The number of benzene rings is 2. The molecule has 6 rings (SSSR count). The van der Waals surface area contributed by atoms with E-state index in [9.17, 15) is 14.4 Å². The second-order valence-corrected chi connectivity index (χ2v) is 12.2. The third kappa shape index (κ3) is 9.10. The van der Waals surface area contributed by atoms with Crippen LogP contribution in [0, 0.1) is 0 Å². The van der Waals surface area contributed by atoms with Gasteiger partial charge in [0.2, 0.25) is 11.8 Å². The van der Waals surface area contributed by atoms with Gasteiger partial charge in [-0.15, -0.1) is 5.10 Å². The summed E-state index contributed by atoms with van der Waals surface area (Å²) in [5.74, 6) is -0.517. The SMILES string of the molecule is COC(=O)Nc1ccc2c(c1)N[C@@H](C(=O)NCc1ccccn1)CCCC[C@H](NC(=O)/C=C/c1cc(Cl)ccc1-n1cnnn1)c1cc-2ccn1. The zero-order valence-corrected chi connectivity index (χ0v) is 28.4. The average Bonchev–Trinajstić information content (AvgIpc) is 3.69. The van der Waals surface area contributed by atoms with Gasteiger partial charge in [-0.05, 0) is 89.5 Å². The third-order valence-corrected chi connectivity index (χ3v) is 8.50. The van der Waals surface area contributed by atoms with Crippen molar-refractivity contribution in [2.24, 2.45) is 0 Å². The van der Waals surface area contributed by atoms with Crippen molar-refractivity contribution in [1.82, 2.24) is 40.8 Å². The highest BCUT2D eigenvalue weighted by molar-refractivity contribution is 6.30. The molecule has 0 aliphatic carbocycles. The molecule has 51 heavy (non-hydrogen) atoms. The summed E-state index contributed by atoms with van der Waals surface area (Å²) in [4.78, 5) is 48.0. The van der Waals surface area contributed by atoms with Gasteiger partial charge in [-0.1, -0.05) is 36.6 Å². The summed E-state index contributed by atoms with van der Waals surface area (Å²) in [5.41, 5.74) is 5.43. The van der Waals surface area contributed by atoms with Gasteiger partial charge in [-0.25, -0.2) is 4.79 Å². The van der Waals surface area contributed by atoms with Crippen LogP contribution in [0.2, 0.25) is 5.02 Å². The van der Waals surface area contributed by atoms with E-state index in [0.717, 1.165) is 16.8 Å². The fourth-order valence-corrected chi connectivity index (χ4v) is 5.92. The third-order valence-electron chi connectivity index (χ3n) is 8.27. The van der Waals surface area contributed by atoms with E-state index in [4.69, 9.17) is 16.3 Å². The van der Waals surface area contributed by atoms with Crippen molar-refractivity contribution in [3.8, 4) is 16.8 Å². The molecule has 3 amide bonds. The number of nitrogens with zero attached hydrogens (tertiary/aromatic N) is 6. The van der Waals surface area contributed by atoms with Gasteiger partial charge in [-0.3, -0.25) is 24.9 Å².